The topological polar surface area (TPSA) is 103 Å². The third kappa shape index (κ3) is 4.29. The summed E-state index contributed by atoms with van der Waals surface area (Å²) in [5.74, 6) is 0. The van der Waals surface area contributed by atoms with E-state index in [1.807, 2.05) is 35.7 Å². The summed E-state index contributed by atoms with van der Waals surface area (Å²) in [6, 6.07) is 15.1. The van der Waals surface area contributed by atoms with Crippen molar-refractivity contribution >= 4 is 22.9 Å². The quantitative estimate of drug-likeness (QED) is 0.479. The summed E-state index contributed by atoms with van der Waals surface area (Å²) in [4.78, 5) is 4.69. The molecule has 6 nitrogen and oxygen atoms in total. The Bertz CT molecular complexity index is 996. The Hall–Kier alpha value is -1.84. The lowest BCUT2D eigenvalue weighted by molar-refractivity contribution is -0.231. The van der Waals surface area contributed by atoms with Crippen LogP contribution in [0, 0.1) is 0 Å². The first-order valence-electron chi connectivity index (χ1n) is 9.56. The first-order valence-corrected chi connectivity index (χ1v) is 10.8. The van der Waals surface area contributed by atoms with Crippen LogP contribution in [0.1, 0.15) is 22.2 Å². The molecule has 0 radical (unpaired) electrons. The number of aliphatic hydroxyl groups excluding tert-OH is 4. The Morgan fingerprint density at radius 1 is 1.00 bits per heavy atom. The third-order valence-electron chi connectivity index (χ3n) is 5.25. The highest BCUT2D eigenvalue weighted by molar-refractivity contribution is 7.10. The molecule has 3 aromatic rings. The summed E-state index contributed by atoms with van der Waals surface area (Å²) >= 11 is 7.94. The van der Waals surface area contributed by atoms with Gasteiger partial charge in [0.05, 0.1) is 17.3 Å². The number of ether oxygens (including phenoxy) is 1. The number of hydrogen-bond donors (Lipinski definition) is 4. The van der Waals surface area contributed by atoms with Crippen LogP contribution >= 0.6 is 22.9 Å². The Balaban J connectivity index is 1.57. The molecule has 0 saturated carbocycles. The smallest absolute Gasteiger partial charge is 0.113 e. The molecule has 0 spiro atoms. The molecule has 1 aliphatic rings. The van der Waals surface area contributed by atoms with Crippen molar-refractivity contribution in [2.24, 2.45) is 0 Å². The molecule has 2 heterocycles. The molecule has 4 N–H and O–H groups in total. The van der Waals surface area contributed by atoms with Crippen LogP contribution < -0.4 is 0 Å². The van der Waals surface area contributed by atoms with Crippen molar-refractivity contribution in [3.63, 3.8) is 0 Å². The van der Waals surface area contributed by atoms with Gasteiger partial charge < -0.3 is 25.2 Å². The van der Waals surface area contributed by atoms with Crippen molar-refractivity contribution in [2.45, 2.75) is 36.9 Å². The third-order valence-corrected chi connectivity index (χ3v) is 6.47. The molecule has 0 bridgehead atoms. The molecule has 8 heteroatoms. The standard InChI is InChI=1S/C22H22ClNO5S/c23-15-7-6-13(22-21(28)20(27)19(26)17(10-25)29-22)8-14(15)9-18-24-16(11-30-18)12-4-2-1-3-5-12/h1-8,11,17,19-22,25-28H,9-10H2/t17-,19-,20+,21-,22+/m1/s1. The fourth-order valence-corrected chi connectivity index (χ4v) is 4.59. The number of nitrogens with zero attached hydrogens (tertiary/aromatic N) is 1. The number of rotatable bonds is 5. The van der Waals surface area contributed by atoms with Gasteiger partial charge in [0, 0.05) is 22.4 Å². The molecule has 1 saturated heterocycles. The molecule has 30 heavy (non-hydrogen) atoms. The van der Waals surface area contributed by atoms with Crippen LogP contribution in [0.4, 0.5) is 0 Å². The van der Waals surface area contributed by atoms with E-state index in [-0.39, 0.29) is 0 Å². The fraction of sp³-hybridized carbons (Fsp3) is 0.318. The second-order valence-corrected chi connectivity index (χ2v) is 8.62. The molecule has 1 aliphatic heterocycles. The summed E-state index contributed by atoms with van der Waals surface area (Å²) < 4.78 is 5.66. The van der Waals surface area contributed by atoms with Crippen molar-refractivity contribution in [2.75, 3.05) is 6.61 Å². The molecule has 158 valence electrons. The minimum absolute atomic E-state index is 0.469. The van der Waals surface area contributed by atoms with Crippen molar-refractivity contribution in [1.29, 1.82) is 0 Å². The van der Waals surface area contributed by atoms with Gasteiger partial charge in [0.1, 0.15) is 30.5 Å². The van der Waals surface area contributed by atoms with Crippen LogP contribution in [0.15, 0.2) is 53.9 Å². The van der Waals surface area contributed by atoms with Gasteiger partial charge in [0.15, 0.2) is 0 Å². The molecule has 0 amide bonds. The van der Waals surface area contributed by atoms with E-state index in [2.05, 4.69) is 0 Å². The molecule has 5 atom stereocenters. The molecular weight excluding hydrogens is 426 g/mol. The van der Waals surface area contributed by atoms with Gasteiger partial charge in [-0.2, -0.15) is 0 Å². The molecule has 4 rings (SSSR count). The summed E-state index contributed by atoms with van der Waals surface area (Å²) in [6.45, 7) is -0.469. The SMILES string of the molecule is OC[C@H]1O[C@@H](c2ccc(Cl)c(Cc3nc(-c4ccccc4)cs3)c2)[C@H](O)[C@@H](O)[C@@H]1O. The highest BCUT2D eigenvalue weighted by Gasteiger charge is 2.44. The van der Waals surface area contributed by atoms with E-state index in [0.29, 0.717) is 17.0 Å². The van der Waals surface area contributed by atoms with E-state index < -0.39 is 37.1 Å². The normalized spacial score (nSPS) is 26.6. The molecule has 0 unspecified atom stereocenters. The number of hydrogen-bond acceptors (Lipinski definition) is 7. The van der Waals surface area contributed by atoms with Gasteiger partial charge in [0.25, 0.3) is 0 Å². The zero-order valence-electron chi connectivity index (χ0n) is 15.9. The van der Waals surface area contributed by atoms with E-state index >= 15 is 0 Å². The Morgan fingerprint density at radius 3 is 2.50 bits per heavy atom. The first kappa shape index (κ1) is 21.4. The minimum atomic E-state index is -1.42. The zero-order chi connectivity index (χ0) is 21.3. The monoisotopic (exact) mass is 447 g/mol. The van der Waals surface area contributed by atoms with Crippen LogP contribution in [0.3, 0.4) is 0 Å². The molecular formula is C22H22ClNO5S. The lowest BCUT2D eigenvalue weighted by Gasteiger charge is -2.40. The van der Waals surface area contributed by atoms with E-state index in [1.54, 1.807) is 18.2 Å². The maximum absolute atomic E-state index is 10.4. The van der Waals surface area contributed by atoms with Crippen LogP contribution in [0.2, 0.25) is 5.02 Å². The summed E-state index contributed by atoms with van der Waals surface area (Å²) in [5.41, 5.74) is 3.35. The van der Waals surface area contributed by atoms with Crippen molar-refractivity contribution < 1.29 is 25.2 Å². The van der Waals surface area contributed by atoms with Gasteiger partial charge in [0.2, 0.25) is 0 Å². The average molecular weight is 448 g/mol. The lowest BCUT2D eigenvalue weighted by atomic mass is 9.90. The highest BCUT2D eigenvalue weighted by atomic mass is 35.5. The molecule has 1 aromatic heterocycles. The van der Waals surface area contributed by atoms with Gasteiger partial charge in [-0.25, -0.2) is 4.98 Å². The maximum atomic E-state index is 10.4. The van der Waals surface area contributed by atoms with E-state index in [4.69, 9.17) is 21.3 Å². The van der Waals surface area contributed by atoms with E-state index in [9.17, 15) is 20.4 Å². The number of thiazole rings is 1. The highest BCUT2D eigenvalue weighted by Crippen LogP contribution is 2.35. The predicted molar refractivity (Wildman–Crippen MR) is 115 cm³/mol. The zero-order valence-corrected chi connectivity index (χ0v) is 17.5. The molecule has 1 fully saturated rings. The number of halogens is 1. The Labute approximate surface area is 183 Å². The van der Waals surface area contributed by atoms with E-state index in [1.165, 1.54) is 11.3 Å². The summed E-state index contributed by atoms with van der Waals surface area (Å²) in [6.07, 6.45) is -5.50. The first-order chi connectivity index (χ1) is 14.5. The number of aliphatic hydroxyl groups is 4. The van der Waals surface area contributed by atoms with Crippen LogP contribution in [0.25, 0.3) is 11.3 Å². The predicted octanol–water partition coefficient (Wildman–Crippen LogP) is 2.57. The summed E-state index contributed by atoms with van der Waals surface area (Å²) in [7, 11) is 0. The van der Waals surface area contributed by atoms with Gasteiger partial charge in [-0.3, -0.25) is 0 Å². The van der Waals surface area contributed by atoms with Crippen LogP contribution in [-0.2, 0) is 11.2 Å². The van der Waals surface area contributed by atoms with Gasteiger partial charge in [-0.1, -0.05) is 54.1 Å². The van der Waals surface area contributed by atoms with Gasteiger partial charge >= 0.3 is 0 Å². The lowest BCUT2D eigenvalue weighted by Crippen LogP contribution is -2.55. The van der Waals surface area contributed by atoms with Crippen LogP contribution in [-0.4, -0.2) is 56.4 Å². The minimum Gasteiger partial charge on any atom is -0.394 e. The maximum Gasteiger partial charge on any atom is 0.113 e. The Kier molecular flexibility index (Phi) is 6.50. The second kappa shape index (κ2) is 9.11. The number of benzene rings is 2. The number of aromatic nitrogens is 1. The second-order valence-electron chi connectivity index (χ2n) is 7.27. The van der Waals surface area contributed by atoms with Crippen LogP contribution in [0.5, 0.6) is 0 Å². The Morgan fingerprint density at radius 2 is 1.77 bits per heavy atom. The van der Waals surface area contributed by atoms with Crippen molar-refractivity contribution in [3.05, 3.63) is 75.1 Å². The molecule has 0 aliphatic carbocycles. The van der Waals surface area contributed by atoms with Gasteiger partial charge in [-0.05, 0) is 17.2 Å². The summed E-state index contributed by atoms with van der Waals surface area (Å²) in [5, 5.41) is 43.3. The average Bonchev–Trinajstić information content (AvgIpc) is 3.23. The van der Waals surface area contributed by atoms with E-state index in [0.717, 1.165) is 21.8 Å². The largest absolute Gasteiger partial charge is 0.394 e. The fourth-order valence-electron chi connectivity index (χ4n) is 3.58. The van der Waals surface area contributed by atoms with Gasteiger partial charge in [-0.15, -0.1) is 11.3 Å². The van der Waals surface area contributed by atoms with Crippen molar-refractivity contribution in [3.8, 4) is 11.3 Å². The molecule has 2 aromatic carbocycles. The van der Waals surface area contributed by atoms with Crippen molar-refractivity contribution in [1.82, 2.24) is 4.98 Å².